The van der Waals surface area contributed by atoms with E-state index in [1.807, 2.05) is 13.0 Å². The van der Waals surface area contributed by atoms with Crippen molar-refractivity contribution in [2.45, 2.75) is 6.92 Å². The molecule has 0 heterocycles. The normalized spacial score (nSPS) is 13.0. The summed E-state index contributed by atoms with van der Waals surface area (Å²) in [6, 6.07) is 6.62. The zero-order valence-corrected chi connectivity index (χ0v) is 13.9. The number of hydrogen-bond acceptors (Lipinski definition) is 3. The standard InChI is InChI=1S/C18H11Cl2NO2/c1-7-3-8-10(19)6-14(23)18-12(21-2)4-9-11(20)5-13(22)15(7)16(9)17(8)18/h3-6,23H,1-2H3. The Kier molecular flexibility index (Phi) is 2.96. The molecule has 5 heteroatoms. The fourth-order valence-electron chi connectivity index (χ4n) is 3.42. The Labute approximate surface area is 141 Å². The third kappa shape index (κ3) is 1.78. The van der Waals surface area contributed by atoms with Crippen molar-refractivity contribution in [1.82, 2.24) is 0 Å². The highest BCUT2D eigenvalue weighted by Crippen LogP contribution is 2.45. The molecule has 0 saturated heterocycles. The van der Waals surface area contributed by atoms with Gasteiger partial charge in [0.25, 0.3) is 0 Å². The summed E-state index contributed by atoms with van der Waals surface area (Å²) < 4.78 is 0. The van der Waals surface area contributed by atoms with Crippen molar-refractivity contribution < 1.29 is 5.11 Å². The molecule has 2 aromatic rings. The van der Waals surface area contributed by atoms with Crippen LogP contribution in [0.4, 0.5) is 0 Å². The van der Waals surface area contributed by atoms with E-state index >= 15 is 0 Å². The molecular formula is C18H11Cl2NO2. The number of halogens is 2. The largest absolute Gasteiger partial charge is 0.507 e. The van der Waals surface area contributed by atoms with Gasteiger partial charge in [0.1, 0.15) is 5.75 Å². The van der Waals surface area contributed by atoms with Crippen LogP contribution in [0.15, 0.2) is 34.1 Å². The van der Waals surface area contributed by atoms with Gasteiger partial charge in [-0.15, -0.1) is 0 Å². The van der Waals surface area contributed by atoms with Crippen molar-refractivity contribution in [1.29, 1.82) is 0 Å². The fourth-order valence-corrected chi connectivity index (χ4v) is 3.92. The van der Waals surface area contributed by atoms with Crippen LogP contribution in [-0.4, -0.2) is 12.2 Å². The van der Waals surface area contributed by atoms with Crippen LogP contribution < -0.4 is 10.8 Å². The van der Waals surface area contributed by atoms with Crippen LogP contribution >= 0.6 is 23.2 Å². The number of nitrogens with zero attached hydrogens (tertiary/aromatic N) is 1. The Morgan fingerprint density at radius 3 is 2.43 bits per heavy atom. The van der Waals surface area contributed by atoms with Crippen molar-refractivity contribution in [3.8, 4) is 16.9 Å². The van der Waals surface area contributed by atoms with Crippen LogP contribution in [0, 0.1) is 6.92 Å². The number of rotatable bonds is 0. The minimum Gasteiger partial charge on any atom is -0.507 e. The maximum absolute atomic E-state index is 12.4. The molecule has 0 atom stereocenters. The Bertz CT molecular complexity index is 1180. The highest BCUT2D eigenvalue weighted by atomic mass is 35.5. The number of benzene rings is 4. The molecule has 23 heavy (non-hydrogen) atoms. The van der Waals surface area contributed by atoms with E-state index in [9.17, 15) is 9.90 Å². The van der Waals surface area contributed by atoms with Crippen LogP contribution in [0.3, 0.4) is 0 Å². The molecule has 0 radical (unpaired) electrons. The molecule has 0 saturated carbocycles. The quantitative estimate of drug-likeness (QED) is 0.487. The first-order valence-corrected chi connectivity index (χ1v) is 7.79. The van der Waals surface area contributed by atoms with Crippen LogP contribution in [-0.2, 0) is 0 Å². The summed E-state index contributed by atoms with van der Waals surface area (Å²) in [4.78, 5) is 16.7. The molecule has 0 amide bonds. The van der Waals surface area contributed by atoms with E-state index in [0.29, 0.717) is 26.2 Å². The number of hydrogen-bond donors (Lipinski definition) is 1. The van der Waals surface area contributed by atoms with Crippen molar-refractivity contribution in [3.05, 3.63) is 55.5 Å². The van der Waals surface area contributed by atoms with E-state index in [1.54, 1.807) is 13.1 Å². The summed E-state index contributed by atoms with van der Waals surface area (Å²) in [5.74, 6) is 0.0441. The van der Waals surface area contributed by atoms with Gasteiger partial charge in [-0.25, -0.2) is 0 Å². The molecule has 4 rings (SSSR count). The van der Waals surface area contributed by atoms with Gasteiger partial charge >= 0.3 is 0 Å². The van der Waals surface area contributed by atoms with E-state index in [1.165, 1.54) is 12.1 Å². The summed E-state index contributed by atoms with van der Waals surface area (Å²) in [5.41, 5.74) is 2.17. The highest BCUT2D eigenvalue weighted by molar-refractivity contribution is 6.39. The summed E-state index contributed by atoms with van der Waals surface area (Å²) in [6.07, 6.45) is 0. The van der Waals surface area contributed by atoms with Crippen LogP contribution in [0.5, 0.6) is 5.75 Å². The van der Waals surface area contributed by atoms with Crippen LogP contribution in [0.25, 0.3) is 32.7 Å². The molecule has 0 unspecified atom stereocenters. The number of aryl methyl sites for hydroxylation is 1. The lowest BCUT2D eigenvalue weighted by Gasteiger charge is -2.19. The van der Waals surface area contributed by atoms with Gasteiger partial charge in [0.05, 0.1) is 20.8 Å². The lowest BCUT2D eigenvalue weighted by atomic mass is 9.86. The van der Waals surface area contributed by atoms with Gasteiger partial charge in [-0.1, -0.05) is 23.2 Å². The summed E-state index contributed by atoms with van der Waals surface area (Å²) >= 11 is 12.6. The average Bonchev–Trinajstić information content (AvgIpc) is 2.50. The Hall–Kier alpha value is -2.10. The molecule has 114 valence electrons. The smallest absolute Gasteiger partial charge is 0.188 e. The lowest BCUT2D eigenvalue weighted by Crippen LogP contribution is -2.12. The predicted octanol–water partition coefficient (Wildman–Crippen LogP) is 4.18. The molecule has 2 aliphatic carbocycles. The zero-order chi connectivity index (χ0) is 16.5. The predicted molar refractivity (Wildman–Crippen MR) is 94.6 cm³/mol. The van der Waals surface area contributed by atoms with Gasteiger partial charge in [0.2, 0.25) is 0 Å². The molecule has 0 spiro atoms. The van der Waals surface area contributed by atoms with Crippen molar-refractivity contribution in [2.75, 3.05) is 7.05 Å². The Balaban J connectivity index is 2.55. The van der Waals surface area contributed by atoms with Crippen LogP contribution in [0.2, 0.25) is 10.0 Å². The lowest BCUT2D eigenvalue weighted by molar-refractivity contribution is 0.481. The van der Waals surface area contributed by atoms with E-state index in [2.05, 4.69) is 4.99 Å². The first-order valence-electron chi connectivity index (χ1n) is 7.04. The fraction of sp³-hybridized carbons (Fsp3) is 0.111. The molecule has 0 fully saturated rings. The van der Waals surface area contributed by atoms with Gasteiger partial charge in [-0.05, 0) is 30.7 Å². The first-order chi connectivity index (χ1) is 10.9. The molecule has 2 aliphatic rings. The summed E-state index contributed by atoms with van der Waals surface area (Å²) in [7, 11) is 1.65. The van der Waals surface area contributed by atoms with E-state index < -0.39 is 0 Å². The van der Waals surface area contributed by atoms with Gasteiger partial charge in [0, 0.05) is 40.4 Å². The van der Waals surface area contributed by atoms with Gasteiger partial charge in [0.15, 0.2) is 5.43 Å². The molecule has 3 nitrogen and oxygen atoms in total. The van der Waals surface area contributed by atoms with Gasteiger partial charge < -0.3 is 5.11 Å². The number of aromatic hydroxyl groups is 1. The van der Waals surface area contributed by atoms with Crippen molar-refractivity contribution in [3.63, 3.8) is 0 Å². The number of phenols is 1. The average molecular weight is 344 g/mol. The maximum Gasteiger partial charge on any atom is 0.188 e. The molecule has 0 aliphatic heterocycles. The molecule has 0 aromatic heterocycles. The SMILES string of the molecule is CN=c1cc2c(Cl)cc(=O)c3c(C)cc4c(Cl)cc(O)c1c4c3-2. The molecule has 2 aromatic carbocycles. The minimum atomic E-state index is -0.135. The van der Waals surface area contributed by atoms with Gasteiger partial charge in [-0.3, -0.25) is 9.79 Å². The molecule has 0 bridgehead atoms. The monoisotopic (exact) mass is 343 g/mol. The van der Waals surface area contributed by atoms with Crippen molar-refractivity contribution >= 4 is 44.7 Å². The van der Waals surface area contributed by atoms with E-state index in [4.69, 9.17) is 23.2 Å². The van der Waals surface area contributed by atoms with Crippen molar-refractivity contribution in [2.24, 2.45) is 4.99 Å². The van der Waals surface area contributed by atoms with E-state index in [-0.39, 0.29) is 11.2 Å². The second kappa shape index (κ2) is 4.70. The maximum atomic E-state index is 12.4. The van der Waals surface area contributed by atoms with E-state index in [0.717, 1.165) is 27.5 Å². The van der Waals surface area contributed by atoms with Gasteiger partial charge in [-0.2, -0.15) is 0 Å². The topological polar surface area (TPSA) is 49.7 Å². The molecular weight excluding hydrogens is 333 g/mol. The first kappa shape index (κ1) is 14.5. The zero-order valence-electron chi connectivity index (χ0n) is 12.4. The van der Waals surface area contributed by atoms with Crippen LogP contribution in [0.1, 0.15) is 5.56 Å². The summed E-state index contributed by atoms with van der Waals surface area (Å²) in [5, 5.41) is 14.5. The Morgan fingerprint density at radius 1 is 1.00 bits per heavy atom. The number of phenolic OH excluding ortho intramolecular Hbond substituents is 1. The highest BCUT2D eigenvalue weighted by Gasteiger charge is 2.23. The third-order valence-electron chi connectivity index (χ3n) is 4.36. The minimum absolute atomic E-state index is 0.0441. The summed E-state index contributed by atoms with van der Waals surface area (Å²) in [6.45, 7) is 1.88. The second-order valence-corrected chi connectivity index (χ2v) is 6.46. The molecule has 1 N–H and O–H groups in total. The third-order valence-corrected chi connectivity index (χ3v) is 4.99. The Morgan fingerprint density at radius 2 is 1.74 bits per heavy atom. The second-order valence-electron chi connectivity index (χ2n) is 5.64.